The number of aliphatic hydroxyl groups is 1. The Bertz CT molecular complexity index is 383. The predicted octanol–water partition coefficient (Wildman–Crippen LogP) is -0.243. The van der Waals surface area contributed by atoms with Crippen molar-refractivity contribution < 1.29 is 10.0 Å². The highest BCUT2D eigenvalue weighted by atomic mass is 16.6. The molecule has 1 aliphatic rings. The lowest BCUT2D eigenvalue weighted by Gasteiger charge is -2.37. The lowest BCUT2D eigenvalue weighted by atomic mass is 10.0. The lowest BCUT2D eigenvalue weighted by Crippen LogP contribution is -2.48. The summed E-state index contributed by atoms with van der Waals surface area (Å²) in [5.41, 5.74) is 0.0221. The second-order valence-electron chi connectivity index (χ2n) is 3.72. The highest BCUT2D eigenvalue weighted by Gasteiger charge is 2.33. The molecule has 1 aliphatic heterocycles. The van der Waals surface area contributed by atoms with E-state index < -0.39 is 4.92 Å². The Morgan fingerprint density at radius 3 is 2.93 bits per heavy atom. The summed E-state index contributed by atoms with van der Waals surface area (Å²) >= 11 is 0. The number of aryl methyl sites for hydroxylation is 1. The van der Waals surface area contributed by atoms with Crippen LogP contribution in [0.1, 0.15) is 0 Å². The number of rotatable bonds is 3. The Morgan fingerprint density at radius 2 is 2.40 bits per heavy atom. The van der Waals surface area contributed by atoms with Crippen molar-refractivity contribution in [3.8, 4) is 0 Å². The van der Waals surface area contributed by atoms with Gasteiger partial charge in [-0.1, -0.05) is 0 Å². The monoisotopic (exact) mass is 212 g/mol. The van der Waals surface area contributed by atoms with E-state index in [2.05, 4.69) is 5.10 Å². The van der Waals surface area contributed by atoms with Crippen LogP contribution in [0.4, 0.5) is 11.5 Å². The third-order valence-electron chi connectivity index (χ3n) is 2.50. The molecule has 2 rings (SSSR count). The molecule has 15 heavy (non-hydrogen) atoms. The van der Waals surface area contributed by atoms with Crippen molar-refractivity contribution in [3.63, 3.8) is 0 Å². The summed E-state index contributed by atoms with van der Waals surface area (Å²) in [7, 11) is 1.65. The van der Waals surface area contributed by atoms with Gasteiger partial charge in [-0.2, -0.15) is 0 Å². The van der Waals surface area contributed by atoms with Crippen molar-refractivity contribution in [3.05, 3.63) is 16.3 Å². The topological polar surface area (TPSA) is 84.4 Å². The van der Waals surface area contributed by atoms with E-state index in [4.69, 9.17) is 5.11 Å². The van der Waals surface area contributed by atoms with E-state index in [1.807, 2.05) is 0 Å². The summed E-state index contributed by atoms with van der Waals surface area (Å²) in [6, 6.07) is 0. The molecule has 0 amide bonds. The number of nitro groups is 1. The minimum atomic E-state index is -0.436. The van der Waals surface area contributed by atoms with Crippen molar-refractivity contribution in [2.45, 2.75) is 0 Å². The first-order valence-electron chi connectivity index (χ1n) is 4.65. The Morgan fingerprint density at radius 1 is 1.73 bits per heavy atom. The number of anilines is 1. The van der Waals surface area contributed by atoms with E-state index in [9.17, 15) is 10.1 Å². The van der Waals surface area contributed by atoms with Gasteiger partial charge in [-0.3, -0.25) is 14.8 Å². The highest BCUT2D eigenvalue weighted by Crippen LogP contribution is 2.30. The van der Waals surface area contributed by atoms with Crippen molar-refractivity contribution in [1.29, 1.82) is 0 Å². The van der Waals surface area contributed by atoms with Gasteiger partial charge in [-0.05, 0) is 0 Å². The van der Waals surface area contributed by atoms with Gasteiger partial charge in [0.05, 0.1) is 4.92 Å². The molecular formula is C8H12N4O3. The fourth-order valence-electron chi connectivity index (χ4n) is 1.68. The van der Waals surface area contributed by atoms with Gasteiger partial charge in [0.2, 0.25) is 5.82 Å². The summed E-state index contributed by atoms with van der Waals surface area (Å²) in [4.78, 5) is 12.1. The van der Waals surface area contributed by atoms with Gasteiger partial charge in [0.1, 0.15) is 6.20 Å². The number of nitrogens with zero attached hydrogens (tertiary/aromatic N) is 4. The third kappa shape index (κ3) is 1.65. The number of aromatic nitrogens is 2. The molecule has 1 fully saturated rings. The van der Waals surface area contributed by atoms with Crippen molar-refractivity contribution in [2.24, 2.45) is 13.0 Å². The Hall–Kier alpha value is -1.63. The lowest BCUT2D eigenvalue weighted by molar-refractivity contribution is -0.384. The van der Waals surface area contributed by atoms with Crippen LogP contribution >= 0.6 is 0 Å². The molecule has 0 unspecified atom stereocenters. The zero-order chi connectivity index (χ0) is 11.0. The molecule has 0 radical (unpaired) electrons. The zero-order valence-electron chi connectivity index (χ0n) is 8.33. The van der Waals surface area contributed by atoms with E-state index in [-0.39, 0.29) is 18.2 Å². The Labute approximate surface area is 86.1 Å². The van der Waals surface area contributed by atoms with E-state index in [1.54, 1.807) is 11.9 Å². The zero-order valence-corrected chi connectivity index (χ0v) is 8.33. The molecule has 1 N–H and O–H groups in total. The van der Waals surface area contributed by atoms with Crippen LogP contribution in [-0.4, -0.2) is 39.5 Å². The van der Waals surface area contributed by atoms with Gasteiger partial charge < -0.3 is 10.0 Å². The average Bonchev–Trinajstić information content (AvgIpc) is 2.45. The van der Waals surface area contributed by atoms with Crippen molar-refractivity contribution in [1.82, 2.24) is 9.78 Å². The molecule has 0 atom stereocenters. The van der Waals surface area contributed by atoms with Gasteiger partial charge in [0.25, 0.3) is 0 Å². The molecule has 1 aromatic heterocycles. The van der Waals surface area contributed by atoms with Crippen LogP contribution in [0.5, 0.6) is 0 Å². The Balaban J connectivity index is 2.18. The largest absolute Gasteiger partial charge is 0.396 e. The second kappa shape index (κ2) is 3.50. The van der Waals surface area contributed by atoms with Crippen molar-refractivity contribution >= 4 is 11.5 Å². The molecule has 2 heterocycles. The van der Waals surface area contributed by atoms with Crippen LogP contribution in [-0.2, 0) is 7.05 Å². The quantitative estimate of drug-likeness (QED) is 0.552. The van der Waals surface area contributed by atoms with Crippen LogP contribution in [0.25, 0.3) is 0 Å². The van der Waals surface area contributed by atoms with Gasteiger partial charge in [0.15, 0.2) is 0 Å². The number of aliphatic hydroxyl groups excluding tert-OH is 1. The molecule has 1 saturated heterocycles. The SMILES string of the molecule is Cn1cc([N+](=O)[O-])c(N2CC(CO)C2)n1. The second-order valence-corrected chi connectivity index (χ2v) is 3.72. The smallest absolute Gasteiger partial charge is 0.330 e. The molecule has 0 aliphatic carbocycles. The normalized spacial score (nSPS) is 16.5. The maximum absolute atomic E-state index is 10.7. The maximum Gasteiger partial charge on any atom is 0.330 e. The number of hydrogen-bond acceptors (Lipinski definition) is 5. The van der Waals surface area contributed by atoms with Gasteiger partial charge in [-0.25, -0.2) is 0 Å². The van der Waals surface area contributed by atoms with Crippen LogP contribution < -0.4 is 4.90 Å². The van der Waals surface area contributed by atoms with Crippen molar-refractivity contribution in [2.75, 3.05) is 24.6 Å². The maximum atomic E-state index is 10.7. The summed E-state index contributed by atoms with van der Waals surface area (Å²) in [6.45, 7) is 1.39. The van der Waals surface area contributed by atoms with Crippen LogP contribution in [0, 0.1) is 16.0 Å². The number of hydrogen-bond donors (Lipinski definition) is 1. The molecule has 0 saturated carbocycles. The average molecular weight is 212 g/mol. The summed E-state index contributed by atoms with van der Waals surface area (Å²) in [5, 5.41) is 23.6. The molecule has 7 heteroatoms. The van der Waals surface area contributed by atoms with E-state index in [1.165, 1.54) is 10.9 Å². The fourth-order valence-corrected chi connectivity index (χ4v) is 1.68. The van der Waals surface area contributed by atoms with Gasteiger partial charge in [0, 0.05) is 32.7 Å². The van der Waals surface area contributed by atoms with Crippen LogP contribution in [0.3, 0.4) is 0 Å². The van der Waals surface area contributed by atoms with Gasteiger partial charge >= 0.3 is 5.69 Å². The molecule has 1 aromatic rings. The summed E-state index contributed by atoms with van der Waals surface area (Å²) in [5.74, 6) is 0.610. The molecular weight excluding hydrogens is 200 g/mol. The Kier molecular flexibility index (Phi) is 2.31. The first kappa shape index (κ1) is 9.91. The first-order valence-corrected chi connectivity index (χ1v) is 4.65. The summed E-state index contributed by atoms with van der Waals surface area (Å²) in [6.07, 6.45) is 1.39. The van der Waals surface area contributed by atoms with Crippen LogP contribution in [0.2, 0.25) is 0 Å². The minimum Gasteiger partial charge on any atom is -0.396 e. The molecule has 82 valence electrons. The highest BCUT2D eigenvalue weighted by molar-refractivity contribution is 5.58. The molecule has 0 spiro atoms. The van der Waals surface area contributed by atoms with Crippen LogP contribution in [0.15, 0.2) is 6.20 Å². The predicted molar refractivity (Wildman–Crippen MR) is 52.7 cm³/mol. The molecule has 0 aromatic carbocycles. The third-order valence-corrected chi connectivity index (χ3v) is 2.50. The van der Waals surface area contributed by atoms with E-state index >= 15 is 0 Å². The minimum absolute atomic E-state index is 0.0221. The molecule has 0 bridgehead atoms. The summed E-state index contributed by atoms with van der Waals surface area (Å²) < 4.78 is 1.43. The fraction of sp³-hybridized carbons (Fsp3) is 0.625. The van der Waals surface area contributed by atoms with E-state index in [0.717, 1.165) is 0 Å². The van der Waals surface area contributed by atoms with Gasteiger partial charge in [-0.15, -0.1) is 5.10 Å². The van der Waals surface area contributed by atoms with E-state index in [0.29, 0.717) is 18.9 Å². The standard InChI is InChI=1S/C8H12N4O3/c1-10-4-7(12(14)15)8(9-10)11-2-6(3-11)5-13/h4,6,13H,2-3,5H2,1H3. The first-order chi connectivity index (χ1) is 7.11. The molecule has 7 nitrogen and oxygen atoms in total.